The molecule has 0 aliphatic heterocycles. The van der Waals surface area contributed by atoms with Crippen LogP contribution in [0.3, 0.4) is 0 Å². The molecule has 1 rings (SSSR count). The molecule has 0 bridgehead atoms. The second kappa shape index (κ2) is 14.2. The molecule has 1 aliphatic rings. The van der Waals surface area contributed by atoms with Gasteiger partial charge in [0.1, 0.15) is 0 Å². The summed E-state index contributed by atoms with van der Waals surface area (Å²) < 4.78 is 0. The molecular weight excluding hydrogens is 228 g/mol. The molecule has 0 unspecified atom stereocenters. The summed E-state index contributed by atoms with van der Waals surface area (Å²) in [5, 5.41) is 0. The Balaban J connectivity index is 2.06. The van der Waals surface area contributed by atoms with Crippen molar-refractivity contribution in [3.05, 3.63) is 18.6 Å². The number of allylic oxidation sites excluding steroid dienone is 2. The average molecular weight is 263 g/mol. The van der Waals surface area contributed by atoms with E-state index in [2.05, 4.69) is 18.6 Å². The fourth-order valence-corrected chi connectivity index (χ4v) is 2.93. The molecule has 0 spiro atoms. The van der Waals surface area contributed by atoms with Gasteiger partial charge in [0, 0.05) is 0 Å². The Morgan fingerprint density at radius 2 is 0.737 bits per heavy atom. The second-order valence-corrected chi connectivity index (χ2v) is 6.19. The van der Waals surface area contributed by atoms with Crippen LogP contribution in [-0.2, 0) is 0 Å². The zero-order chi connectivity index (χ0) is 13.4. The maximum Gasteiger partial charge on any atom is -0.0171 e. The van der Waals surface area contributed by atoms with Crippen molar-refractivity contribution in [2.45, 2.75) is 103 Å². The van der Waals surface area contributed by atoms with E-state index in [0.717, 1.165) is 0 Å². The van der Waals surface area contributed by atoms with Gasteiger partial charge < -0.3 is 0 Å². The minimum atomic E-state index is 1.29. The normalized spacial score (nSPS) is 23.2. The van der Waals surface area contributed by atoms with Crippen molar-refractivity contribution < 1.29 is 0 Å². The Morgan fingerprint density at radius 3 is 1.21 bits per heavy atom. The highest BCUT2D eigenvalue weighted by molar-refractivity contribution is 4.94. The molecular formula is C19H35. The van der Waals surface area contributed by atoms with E-state index in [9.17, 15) is 0 Å². The predicted octanol–water partition coefficient (Wildman–Crippen LogP) is 7.00. The Kier molecular flexibility index (Phi) is 12.5. The minimum Gasteiger partial charge on any atom is -0.0882 e. The summed E-state index contributed by atoms with van der Waals surface area (Å²) in [6, 6.07) is 0. The fourth-order valence-electron chi connectivity index (χ4n) is 2.93. The molecule has 0 aromatic heterocycles. The van der Waals surface area contributed by atoms with E-state index in [4.69, 9.17) is 0 Å². The van der Waals surface area contributed by atoms with E-state index in [1.807, 2.05) is 0 Å². The monoisotopic (exact) mass is 263 g/mol. The number of hydrogen-bond donors (Lipinski definition) is 0. The molecule has 1 radical (unpaired) electrons. The molecule has 0 heteroatoms. The fraction of sp³-hybridized carbons (Fsp3) is 0.842. The summed E-state index contributed by atoms with van der Waals surface area (Å²) in [6.07, 6.45) is 30.0. The molecule has 0 amide bonds. The summed E-state index contributed by atoms with van der Waals surface area (Å²) >= 11 is 0. The molecule has 0 nitrogen and oxygen atoms in total. The number of hydrogen-bond acceptors (Lipinski definition) is 0. The van der Waals surface area contributed by atoms with Crippen LogP contribution in [0.5, 0.6) is 0 Å². The van der Waals surface area contributed by atoms with Gasteiger partial charge in [-0.25, -0.2) is 0 Å². The molecule has 0 N–H and O–H groups in total. The van der Waals surface area contributed by atoms with Crippen LogP contribution >= 0.6 is 0 Å². The minimum absolute atomic E-state index is 1.29. The molecule has 19 heavy (non-hydrogen) atoms. The third-order valence-corrected chi connectivity index (χ3v) is 4.26. The molecule has 0 heterocycles. The molecule has 0 aromatic carbocycles. The van der Waals surface area contributed by atoms with Crippen LogP contribution in [0.1, 0.15) is 103 Å². The van der Waals surface area contributed by atoms with Crippen molar-refractivity contribution in [3.8, 4) is 0 Å². The molecule has 1 aliphatic carbocycles. The Hall–Kier alpha value is -0.260. The van der Waals surface area contributed by atoms with Crippen LogP contribution in [0.25, 0.3) is 0 Å². The average Bonchev–Trinajstić information content (AvgIpc) is 2.43. The van der Waals surface area contributed by atoms with Gasteiger partial charge in [0.2, 0.25) is 0 Å². The van der Waals surface area contributed by atoms with Gasteiger partial charge in [-0.05, 0) is 25.7 Å². The highest BCUT2D eigenvalue weighted by Gasteiger charge is 1.95. The lowest BCUT2D eigenvalue weighted by atomic mass is 10.0. The molecule has 0 atom stereocenters. The molecule has 0 fully saturated rings. The third kappa shape index (κ3) is 12.5. The van der Waals surface area contributed by atoms with Gasteiger partial charge in [0.05, 0.1) is 0 Å². The predicted molar refractivity (Wildman–Crippen MR) is 87.3 cm³/mol. The maximum absolute atomic E-state index is 2.37. The van der Waals surface area contributed by atoms with Gasteiger partial charge in [-0.1, -0.05) is 95.6 Å². The summed E-state index contributed by atoms with van der Waals surface area (Å²) in [5.74, 6) is 0. The van der Waals surface area contributed by atoms with Crippen LogP contribution in [0.4, 0.5) is 0 Å². The van der Waals surface area contributed by atoms with Crippen LogP contribution < -0.4 is 0 Å². The highest BCUT2D eigenvalue weighted by atomic mass is 14.0. The van der Waals surface area contributed by atoms with Gasteiger partial charge in [-0.2, -0.15) is 0 Å². The zero-order valence-corrected chi connectivity index (χ0v) is 13.0. The first-order valence-electron chi connectivity index (χ1n) is 8.98. The van der Waals surface area contributed by atoms with Gasteiger partial charge in [0.25, 0.3) is 0 Å². The largest absolute Gasteiger partial charge is 0.0882 e. The van der Waals surface area contributed by atoms with Crippen molar-refractivity contribution >= 4 is 0 Å². The highest BCUT2D eigenvalue weighted by Crippen LogP contribution is 2.14. The van der Waals surface area contributed by atoms with Crippen LogP contribution in [0, 0.1) is 6.42 Å². The topological polar surface area (TPSA) is 0 Å². The van der Waals surface area contributed by atoms with Crippen LogP contribution in [-0.4, -0.2) is 0 Å². The van der Waals surface area contributed by atoms with E-state index in [0.29, 0.717) is 0 Å². The van der Waals surface area contributed by atoms with Crippen LogP contribution in [0.15, 0.2) is 12.2 Å². The van der Waals surface area contributed by atoms with E-state index in [1.54, 1.807) is 0 Å². The summed E-state index contributed by atoms with van der Waals surface area (Å²) in [4.78, 5) is 0. The van der Waals surface area contributed by atoms with Gasteiger partial charge in [0.15, 0.2) is 0 Å². The molecule has 111 valence electrons. The maximum atomic E-state index is 2.37. The first-order valence-corrected chi connectivity index (χ1v) is 8.98. The van der Waals surface area contributed by atoms with Crippen molar-refractivity contribution in [1.82, 2.24) is 0 Å². The lowest BCUT2D eigenvalue weighted by Gasteiger charge is -2.03. The molecule has 0 aromatic rings. The SMILES string of the molecule is [CH]1C=CCCCCCCCCCCCCCCCC1. The number of rotatable bonds is 0. The van der Waals surface area contributed by atoms with E-state index < -0.39 is 0 Å². The first kappa shape index (κ1) is 16.8. The summed E-state index contributed by atoms with van der Waals surface area (Å²) in [7, 11) is 0. The van der Waals surface area contributed by atoms with E-state index in [1.165, 1.54) is 103 Å². The van der Waals surface area contributed by atoms with Crippen molar-refractivity contribution in [3.63, 3.8) is 0 Å². The van der Waals surface area contributed by atoms with Crippen molar-refractivity contribution in [2.75, 3.05) is 0 Å². The van der Waals surface area contributed by atoms with Crippen LogP contribution in [0.2, 0.25) is 0 Å². The summed E-state index contributed by atoms with van der Waals surface area (Å²) in [6.45, 7) is 0. The first-order chi connectivity index (χ1) is 9.50. The van der Waals surface area contributed by atoms with E-state index in [-0.39, 0.29) is 0 Å². The smallest absolute Gasteiger partial charge is 0.0171 e. The Bertz CT molecular complexity index is 172. The molecule has 0 saturated carbocycles. The van der Waals surface area contributed by atoms with Gasteiger partial charge in [-0.15, -0.1) is 0 Å². The lowest BCUT2D eigenvalue weighted by molar-refractivity contribution is 0.534. The van der Waals surface area contributed by atoms with Crippen molar-refractivity contribution in [2.24, 2.45) is 0 Å². The Labute approximate surface area is 122 Å². The quantitative estimate of drug-likeness (QED) is 0.441. The molecule has 0 saturated heterocycles. The summed E-state index contributed by atoms with van der Waals surface area (Å²) in [5.41, 5.74) is 0. The van der Waals surface area contributed by atoms with E-state index >= 15 is 0 Å². The van der Waals surface area contributed by atoms with Gasteiger partial charge in [-0.3, -0.25) is 0 Å². The second-order valence-electron chi connectivity index (χ2n) is 6.19. The lowest BCUT2D eigenvalue weighted by Crippen LogP contribution is -1.83. The zero-order valence-electron chi connectivity index (χ0n) is 13.0. The van der Waals surface area contributed by atoms with Gasteiger partial charge >= 0.3 is 0 Å². The third-order valence-electron chi connectivity index (χ3n) is 4.26. The van der Waals surface area contributed by atoms with Crippen molar-refractivity contribution in [1.29, 1.82) is 0 Å². The Morgan fingerprint density at radius 1 is 0.368 bits per heavy atom. The standard InChI is InChI=1S/C19H35/c1-2-4-6-8-10-12-14-16-18-19-17-15-13-11-9-7-5-3-1/h1-3H,4-19H2.